The third-order valence-electron chi connectivity index (χ3n) is 11.9. The van der Waals surface area contributed by atoms with Gasteiger partial charge in [-0.15, -0.1) is 0 Å². The van der Waals surface area contributed by atoms with Crippen molar-refractivity contribution in [2.45, 2.75) is 0 Å². The first-order valence-electron chi connectivity index (χ1n) is 18.8. The quantitative estimate of drug-likeness (QED) is 0.129. The molecule has 0 heterocycles. The Bertz CT molecular complexity index is 3420. The molecule has 12 aromatic rings. The van der Waals surface area contributed by atoms with Crippen molar-refractivity contribution in [1.29, 1.82) is 0 Å². The smallest absolute Gasteiger partial charge is 0.00199 e. The number of fused-ring (bicyclic) bond motifs is 4. The Balaban J connectivity index is 1.18. The minimum absolute atomic E-state index is 1.21. The lowest BCUT2D eigenvalue weighted by molar-refractivity contribution is 1.63. The van der Waals surface area contributed by atoms with Gasteiger partial charge < -0.3 is 0 Å². The number of hydrogen-bond donors (Lipinski definition) is 0. The van der Waals surface area contributed by atoms with Gasteiger partial charge in [0, 0.05) is 0 Å². The van der Waals surface area contributed by atoms with Crippen molar-refractivity contribution in [2.75, 3.05) is 0 Å². The summed E-state index contributed by atoms with van der Waals surface area (Å²) in [6.07, 6.45) is 0. The van der Waals surface area contributed by atoms with E-state index in [4.69, 9.17) is 0 Å². The molecular weight excluding hydrogens is 649 g/mol. The Labute approximate surface area is 312 Å². The second kappa shape index (κ2) is 11.2. The number of hydrogen-bond acceptors (Lipinski definition) is 0. The van der Waals surface area contributed by atoms with Gasteiger partial charge in [-0.3, -0.25) is 0 Å². The van der Waals surface area contributed by atoms with Crippen LogP contribution in [0.5, 0.6) is 0 Å². The lowest BCUT2D eigenvalue weighted by Crippen LogP contribution is -1.91. The fourth-order valence-corrected chi connectivity index (χ4v) is 9.66. The second-order valence-corrected chi connectivity index (χ2v) is 14.8. The first-order chi connectivity index (χ1) is 26.8. The second-order valence-electron chi connectivity index (χ2n) is 14.8. The van der Waals surface area contributed by atoms with Crippen molar-refractivity contribution in [1.82, 2.24) is 0 Å². The zero-order chi connectivity index (χ0) is 35.3. The summed E-state index contributed by atoms with van der Waals surface area (Å²) < 4.78 is 0. The Kier molecular flexibility index (Phi) is 6.15. The molecule has 0 fully saturated rings. The highest BCUT2D eigenvalue weighted by molar-refractivity contribution is 6.37. The van der Waals surface area contributed by atoms with Crippen molar-refractivity contribution in [2.24, 2.45) is 0 Å². The minimum Gasteiger partial charge on any atom is -0.0622 e. The van der Waals surface area contributed by atoms with Crippen molar-refractivity contribution < 1.29 is 0 Å². The summed E-state index contributed by atoms with van der Waals surface area (Å²) in [5.74, 6) is 0. The van der Waals surface area contributed by atoms with Gasteiger partial charge in [0.1, 0.15) is 0 Å². The van der Waals surface area contributed by atoms with Crippen LogP contribution >= 0.6 is 0 Å². The van der Waals surface area contributed by atoms with E-state index in [-0.39, 0.29) is 0 Å². The molecule has 248 valence electrons. The Morgan fingerprint density at radius 2 is 0.574 bits per heavy atom. The van der Waals surface area contributed by atoms with E-state index in [1.807, 2.05) is 0 Å². The van der Waals surface area contributed by atoms with E-state index in [2.05, 4.69) is 194 Å². The first kappa shape index (κ1) is 29.5. The van der Waals surface area contributed by atoms with Crippen LogP contribution in [0.2, 0.25) is 0 Å². The van der Waals surface area contributed by atoms with E-state index in [1.165, 1.54) is 120 Å². The standard InChI is InChI=1S/C54H32/c1-2-12-33(13-3-1)49-41-19-4-6-21-43(41)50(44-22-7-5-20-42(44)49)38-18-8-17-37(30-38)40-31-39-29-28-36-15-10-24-46-45-23-9-14-34-26-27-35-16-11-25-47(53(35)51(34)45)48(32-40)54(39)52(36)46/h1-32H. The Morgan fingerprint density at radius 1 is 0.185 bits per heavy atom. The molecule has 12 rings (SSSR count). The molecule has 0 aromatic heterocycles. The number of rotatable bonds is 3. The summed E-state index contributed by atoms with van der Waals surface area (Å²) in [6, 6.07) is 72.5. The van der Waals surface area contributed by atoms with Gasteiger partial charge >= 0.3 is 0 Å². The molecule has 0 heteroatoms. The topological polar surface area (TPSA) is 0 Å². The lowest BCUT2D eigenvalue weighted by atomic mass is 9.85. The Hall–Kier alpha value is -7.02. The molecule has 0 spiro atoms. The van der Waals surface area contributed by atoms with E-state index in [9.17, 15) is 0 Å². The summed E-state index contributed by atoms with van der Waals surface area (Å²) in [4.78, 5) is 0. The fourth-order valence-electron chi connectivity index (χ4n) is 9.66. The molecule has 0 N–H and O–H groups in total. The van der Waals surface area contributed by atoms with E-state index in [0.717, 1.165) is 0 Å². The van der Waals surface area contributed by atoms with Gasteiger partial charge in [0.2, 0.25) is 0 Å². The average Bonchev–Trinajstić information content (AvgIpc) is 3.24. The average molecular weight is 681 g/mol. The minimum atomic E-state index is 1.21. The molecule has 0 nitrogen and oxygen atoms in total. The summed E-state index contributed by atoms with van der Waals surface area (Å²) in [7, 11) is 0. The maximum absolute atomic E-state index is 2.47. The van der Waals surface area contributed by atoms with Crippen molar-refractivity contribution in [3.05, 3.63) is 194 Å². The largest absolute Gasteiger partial charge is 0.0622 e. The normalized spacial score (nSPS) is 12.1. The maximum atomic E-state index is 2.47. The molecule has 0 radical (unpaired) electrons. The van der Waals surface area contributed by atoms with E-state index < -0.39 is 0 Å². The van der Waals surface area contributed by atoms with Gasteiger partial charge in [-0.05, 0) is 138 Å². The molecule has 0 saturated carbocycles. The van der Waals surface area contributed by atoms with Crippen LogP contribution in [0.15, 0.2) is 194 Å². The molecule has 0 saturated heterocycles. The van der Waals surface area contributed by atoms with Gasteiger partial charge in [-0.2, -0.15) is 0 Å². The number of benzene rings is 11. The van der Waals surface area contributed by atoms with Crippen LogP contribution in [0.25, 0.3) is 120 Å². The van der Waals surface area contributed by atoms with Crippen LogP contribution in [-0.2, 0) is 0 Å². The SMILES string of the molecule is c1ccc(-c2c3ccccc3c(-c3cccc(-c4cc5ccc6cccc7c8cccc9ccc%10cccc(c(c4)c5c67)c%10c98)c3)c3ccccc23)cc1. The van der Waals surface area contributed by atoms with Gasteiger partial charge in [-0.25, -0.2) is 0 Å². The molecule has 0 aliphatic carbocycles. The Morgan fingerprint density at radius 3 is 1.13 bits per heavy atom. The molecule has 0 bridgehead atoms. The predicted octanol–water partition coefficient (Wildman–Crippen LogP) is 15.4. The molecule has 0 atom stereocenters. The molecule has 0 aliphatic rings. The summed E-state index contributed by atoms with van der Waals surface area (Å²) in [5, 5.41) is 20.7. The zero-order valence-electron chi connectivity index (χ0n) is 29.5. The third kappa shape index (κ3) is 4.14. The molecule has 0 unspecified atom stereocenters. The molecule has 54 heavy (non-hydrogen) atoms. The molecule has 0 amide bonds. The molecule has 0 aliphatic heterocycles. The monoisotopic (exact) mass is 680 g/mol. The highest BCUT2D eigenvalue weighted by atomic mass is 14.2. The van der Waals surface area contributed by atoms with E-state index >= 15 is 0 Å². The highest BCUT2D eigenvalue weighted by Gasteiger charge is 2.19. The van der Waals surface area contributed by atoms with Crippen LogP contribution in [0.4, 0.5) is 0 Å². The van der Waals surface area contributed by atoms with Gasteiger partial charge in [0.15, 0.2) is 0 Å². The van der Waals surface area contributed by atoms with Gasteiger partial charge in [0.25, 0.3) is 0 Å². The van der Waals surface area contributed by atoms with Crippen LogP contribution < -0.4 is 0 Å². The van der Waals surface area contributed by atoms with Crippen LogP contribution in [0.3, 0.4) is 0 Å². The maximum Gasteiger partial charge on any atom is -0.00199 e. The lowest BCUT2D eigenvalue weighted by Gasteiger charge is -2.19. The predicted molar refractivity (Wildman–Crippen MR) is 234 cm³/mol. The van der Waals surface area contributed by atoms with Gasteiger partial charge in [0.05, 0.1) is 0 Å². The summed E-state index contributed by atoms with van der Waals surface area (Å²) in [6.45, 7) is 0. The van der Waals surface area contributed by atoms with E-state index in [1.54, 1.807) is 0 Å². The molecular formula is C54H32. The third-order valence-corrected chi connectivity index (χ3v) is 11.9. The van der Waals surface area contributed by atoms with Crippen LogP contribution in [0, 0.1) is 0 Å². The fraction of sp³-hybridized carbons (Fsp3) is 0. The van der Waals surface area contributed by atoms with Gasteiger partial charge in [-0.1, -0.05) is 176 Å². The van der Waals surface area contributed by atoms with Crippen LogP contribution in [0.1, 0.15) is 0 Å². The van der Waals surface area contributed by atoms with Crippen molar-refractivity contribution in [3.63, 3.8) is 0 Å². The van der Waals surface area contributed by atoms with Crippen LogP contribution in [-0.4, -0.2) is 0 Å². The highest BCUT2D eigenvalue weighted by Crippen LogP contribution is 2.47. The molecule has 12 aromatic carbocycles. The summed E-state index contributed by atoms with van der Waals surface area (Å²) >= 11 is 0. The first-order valence-corrected chi connectivity index (χ1v) is 18.8. The zero-order valence-corrected chi connectivity index (χ0v) is 29.5. The summed E-state index contributed by atoms with van der Waals surface area (Å²) in [5.41, 5.74) is 7.48. The van der Waals surface area contributed by atoms with Crippen molar-refractivity contribution >= 4 is 86.2 Å². The van der Waals surface area contributed by atoms with Crippen molar-refractivity contribution in [3.8, 4) is 33.4 Å². The van der Waals surface area contributed by atoms with E-state index in [0.29, 0.717) is 0 Å².